The van der Waals surface area contributed by atoms with Crippen LogP contribution in [0.1, 0.15) is 37.3 Å². The van der Waals surface area contributed by atoms with Crippen molar-refractivity contribution in [3.8, 4) is 11.5 Å². The van der Waals surface area contributed by atoms with Crippen LogP contribution in [0.2, 0.25) is 0 Å². The van der Waals surface area contributed by atoms with E-state index in [-0.39, 0.29) is 17.3 Å². The number of aliphatic hydroxyl groups excluding tert-OH is 2. The van der Waals surface area contributed by atoms with Gasteiger partial charge in [-0.25, -0.2) is 4.79 Å². The van der Waals surface area contributed by atoms with Gasteiger partial charge in [0.25, 0.3) is 6.29 Å². The van der Waals surface area contributed by atoms with Gasteiger partial charge in [0.05, 0.1) is 7.11 Å². The Kier molecular flexibility index (Phi) is 6.41. The molecule has 2 heterocycles. The molecule has 0 radical (unpaired) electrons. The number of phenols is 1. The second-order valence-electron chi connectivity index (χ2n) is 8.57. The summed E-state index contributed by atoms with van der Waals surface area (Å²) in [5, 5.41) is 31.0. The minimum absolute atomic E-state index is 0.0575. The maximum Gasteiger partial charge on any atom is 0.373 e. The number of fused-ring (bicyclic) bond motifs is 2. The van der Waals surface area contributed by atoms with Gasteiger partial charge >= 0.3 is 5.97 Å². The van der Waals surface area contributed by atoms with Crippen molar-refractivity contribution in [1.82, 2.24) is 4.90 Å². The molecule has 1 aromatic carbocycles. The summed E-state index contributed by atoms with van der Waals surface area (Å²) in [6.45, 7) is 4.40. The molecule has 0 saturated carbocycles. The highest BCUT2D eigenvalue weighted by Gasteiger charge is 2.40. The molecule has 0 amide bonds. The second-order valence-corrected chi connectivity index (χ2v) is 8.57. The summed E-state index contributed by atoms with van der Waals surface area (Å²) in [7, 11) is 1.20. The zero-order valence-corrected chi connectivity index (χ0v) is 18.0. The molecule has 1 fully saturated rings. The van der Waals surface area contributed by atoms with Gasteiger partial charge in [0.1, 0.15) is 6.10 Å². The Hall–Kier alpha value is -2.29. The number of carbonyl (C=O) groups is 1. The molecule has 1 saturated heterocycles. The van der Waals surface area contributed by atoms with Crippen LogP contribution < -0.4 is 4.74 Å². The number of aliphatic hydroxyl groups is 2. The second kappa shape index (κ2) is 9.06. The van der Waals surface area contributed by atoms with E-state index >= 15 is 0 Å². The minimum Gasteiger partial charge on any atom is -0.504 e. The lowest BCUT2D eigenvalue weighted by Crippen LogP contribution is -2.49. The summed E-state index contributed by atoms with van der Waals surface area (Å²) in [6.07, 6.45) is 1.98. The Morgan fingerprint density at radius 3 is 2.84 bits per heavy atom. The van der Waals surface area contributed by atoms with Crippen molar-refractivity contribution >= 4 is 5.97 Å². The Balaban J connectivity index is 1.60. The van der Waals surface area contributed by atoms with Crippen LogP contribution in [0.5, 0.6) is 11.5 Å². The average Bonchev–Trinajstić information content (AvgIpc) is 2.77. The zero-order chi connectivity index (χ0) is 22.1. The molecular formula is C23H31NO7. The predicted octanol–water partition coefficient (Wildman–Crippen LogP) is 1.50. The van der Waals surface area contributed by atoms with Crippen LogP contribution in [-0.2, 0) is 27.1 Å². The number of piperidine rings is 1. The van der Waals surface area contributed by atoms with Crippen LogP contribution in [0.4, 0.5) is 0 Å². The van der Waals surface area contributed by atoms with Gasteiger partial charge < -0.3 is 29.5 Å². The molecule has 3 N–H and O–H groups in total. The molecule has 0 spiro atoms. The molecule has 3 aliphatic rings. The van der Waals surface area contributed by atoms with Gasteiger partial charge in [0.2, 0.25) is 5.76 Å². The largest absolute Gasteiger partial charge is 0.504 e. The first kappa shape index (κ1) is 21.9. The summed E-state index contributed by atoms with van der Waals surface area (Å²) in [4.78, 5) is 14.4. The van der Waals surface area contributed by atoms with E-state index in [0.717, 1.165) is 62.4 Å². The quantitative estimate of drug-likeness (QED) is 0.600. The fourth-order valence-corrected chi connectivity index (χ4v) is 5.08. The van der Waals surface area contributed by atoms with Gasteiger partial charge in [-0.2, -0.15) is 0 Å². The molecule has 8 heteroatoms. The molecule has 4 rings (SSSR count). The molecule has 0 bridgehead atoms. The predicted molar refractivity (Wildman–Crippen MR) is 112 cm³/mol. The monoisotopic (exact) mass is 433 g/mol. The Labute approximate surface area is 182 Å². The Morgan fingerprint density at radius 1 is 1.29 bits per heavy atom. The lowest BCUT2D eigenvalue weighted by molar-refractivity contribution is -0.174. The molecule has 170 valence electrons. The molecule has 8 nitrogen and oxygen atoms in total. The number of benzene rings is 1. The summed E-state index contributed by atoms with van der Waals surface area (Å²) in [6, 6.07) is 3.99. The van der Waals surface area contributed by atoms with Gasteiger partial charge in [0.15, 0.2) is 17.6 Å². The van der Waals surface area contributed by atoms with Gasteiger partial charge in [-0.1, -0.05) is 13.0 Å². The van der Waals surface area contributed by atoms with E-state index in [9.17, 15) is 20.1 Å². The number of phenolic OH excluding ortho intramolecular Hbond substituents is 1. The first-order valence-corrected chi connectivity index (χ1v) is 11.0. The highest BCUT2D eigenvalue weighted by atomic mass is 16.7. The van der Waals surface area contributed by atoms with Gasteiger partial charge in [-0.15, -0.1) is 0 Å². The van der Waals surface area contributed by atoms with Crippen molar-refractivity contribution in [2.75, 3.05) is 20.2 Å². The molecule has 1 aromatic rings. The highest BCUT2D eigenvalue weighted by Crippen LogP contribution is 2.43. The normalized spacial score (nSPS) is 30.5. The van der Waals surface area contributed by atoms with Crippen molar-refractivity contribution in [2.24, 2.45) is 5.92 Å². The third-order valence-electron chi connectivity index (χ3n) is 6.59. The van der Waals surface area contributed by atoms with Crippen molar-refractivity contribution < 1.29 is 34.3 Å². The SMILES string of the molecule is CCCN1CCC[C@@H]2Cc3c(ccc(O)c3O[C@@H]3OC(C(=O)OC)=C[C@H](O)[C@H]3O)C[C@H]21. The third kappa shape index (κ3) is 4.24. The molecule has 1 aliphatic carbocycles. The van der Waals surface area contributed by atoms with E-state index < -0.39 is 24.5 Å². The third-order valence-corrected chi connectivity index (χ3v) is 6.59. The smallest absolute Gasteiger partial charge is 0.373 e. The van der Waals surface area contributed by atoms with Crippen molar-refractivity contribution in [1.29, 1.82) is 0 Å². The molecule has 5 atom stereocenters. The number of hydrogen-bond donors (Lipinski definition) is 3. The van der Waals surface area contributed by atoms with Crippen molar-refractivity contribution in [3.05, 3.63) is 35.1 Å². The van der Waals surface area contributed by atoms with Crippen LogP contribution in [-0.4, -0.2) is 70.9 Å². The molecule has 0 unspecified atom stereocenters. The summed E-state index contributed by atoms with van der Waals surface area (Å²) >= 11 is 0. The number of likely N-dealkylation sites (tertiary alicyclic amines) is 1. The van der Waals surface area contributed by atoms with Crippen molar-refractivity contribution in [3.63, 3.8) is 0 Å². The Bertz CT molecular complexity index is 853. The number of ether oxygens (including phenoxy) is 3. The maximum absolute atomic E-state index is 11.8. The van der Waals surface area contributed by atoms with Crippen LogP contribution >= 0.6 is 0 Å². The maximum atomic E-state index is 11.8. The average molecular weight is 434 g/mol. The van der Waals surface area contributed by atoms with E-state index in [1.54, 1.807) is 6.07 Å². The fourth-order valence-electron chi connectivity index (χ4n) is 5.08. The van der Waals surface area contributed by atoms with E-state index in [1.807, 2.05) is 6.07 Å². The van der Waals surface area contributed by atoms with E-state index in [0.29, 0.717) is 12.0 Å². The summed E-state index contributed by atoms with van der Waals surface area (Å²) in [5.74, 6) is -0.369. The minimum atomic E-state index is -1.42. The van der Waals surface area contributed by atoms with Crippen LogP contribution in [0.15, 0.2) is 24.0 Å². The fraction of sp³-hybridized carbons (Fsp3) is 0.609. The molecule has 31 heavy (non-hydrogen) atoms. The summed E-state index contributed by atoms with van der Waals surface area (Å²) < 4.78 is 16.0. The molecular weight excluding hydrogens is 402 g/mol. The molecule has 2 aliphatic heterocycles. The lowest BCUT2D eigenvalue weighted by atomic mass is 9.75. The lowest BCUT2D eigenvalue weighted by Gasteiger charge is -2.45. The van der Waals surface area contributed by atoms with Gasteiger partial charge in [-0.05, 0) is 68.8 Å². The van der Waals surface area contributed by atoms with E-state index in [4.69, 9.17) is 9.47 Å². The number of esters is 1. The van der Waals surface area contributed by atoms with E-state index in [2.05, 4.69) is 16.6 Å². The Morgan fingerprint density at radius 2 is 2.10 bits per heavy atom. The topological polar surface area (TPSA) is 109 Å². The highest BCUT2D eigenvalue weighted by molar-refractivity contribution is 5.86. The van der Waals surface area contributed by atoms with Crippen LogP contribution in [0.3, 0.4) is 0 Å². The number of aromatic hydroxyl groups is 1. The first-order chi connectivity index (χ1) is 14.9. The number of carbonyl (C=O) groups excluding carboxylic acids is 1. The number of rotatable bonds is 5. The van der Waals surface area contributed by atoms with Crippen LogP contribution in [0.25, 0.3) is 0 Å². The standard InChI is InChI=1S/C23H31NO7/c1-3-8-24-9-4-5-14-10-15-13(11-16(14)24)6-7-17(25)21(15)31-23-20(27)18(26)12-19(30-23)22(28)29-2/h6-7,12,14,16,18,20,23,25-27H,3-5,8-11H2,1-2H3/t14-,16-,18+,20-,23+/m1/s1. The number of hydrogen-bond acceptors (Lipinski definition) is 8. The van der Waals surface area contributed by atoms with Crippen molar-refractivity contribution in [2.45, 2.75) is 63.6 Å². The molecule has 0 aromatic heterocycles. The van der Waals surface area contributed by atoms with Gasteiger partial charge in [0, 0.05) is 11.6 Å². The summed E-state index contributed by atoms with van der Waals surface area (Å²) in [5.41, 5.74) is 2.01. The first-order valence-electron chi connectivity index (χ1n) is 11.0. The van der Waals surface area contributed by atoms with Crippen LogP contribution in [0, 0.1) is 5.92 Å². The van der Waals surface area contributed by atoms with E-state index in [1.165, 1.54) is 7.11 Å². The number of methoxy groups -OCH3 is 1. The van der Waals surface area contributed by atoms with Gasteiger partial charge in [-0.3, -0.25) is 4.90 Å². The number of nitrogens with zero attached hydrogens (tertiary/aromatic N) is 1. The zero-order valence-electron chi connectivity index (χ0n) is 18.0.